The van der Waals surface area contributed by atoms with E-state index in [0.29, 0.717) is 22.0 Å². The molecule has 0 saturated carbocycles. The summed E-state index contributed by atoms with van der Waals surface area (Å²) in [5, 5.41) is 3.36. The summed E-state index contributed by atoms with van der Waals surface area (Å²) in [6.45, 7) is 10.3. The second-order valence-electron chi connectivity index (χ2n) is 11.0. The number of amides is 2. The first-order valence-corrected chi connectivity index (χ1v) is 15.0. The Balaban J connectivity index is 2.06. The summed E-state index contributed by atoms with van der Waals surface area (Å²) in [4.78, 5) is 28.7. The van der Waals surface area contributed by atoms with Crippen LogP contribution in [-0.2, 0) is 26.2 Å². The average molecular weight is 600 g/mol. The number of hydrogen-bond donors (Lipinski definition) is 1. The van der Waals surface area contributed by atoms with E-state index in [1.807, 2.05) is 27.7 Å². The van der Waals surface area contributed by atoms with Gasteiger partial charge >= 0.3 is 0 Å². The maximum atomic E-state index is 14.1. The molecule has 220 valence electrons. The van der Waals surface area contributed by atoms with Crippen molar-refractivity contribution in [2.24, 2.45) is 0 Å². The van der Waals surface area contributed by atoms with Gasteiger partial charge in [-0.2, -0.15) is 0 Å². The van der Waals surface area contributed by atoms with Gasteiger partial charge in [0.25, 0.3) is 10.0 Å². The van der Waals surface area contributed by atoms with Crippen molar-refractivity contribution in [1.29, 1.82) is 0 Å². The Kier molecular flexibility index (Phi) is 10.1. The van der Waals surface area contributed by atoms with E-state index in [0.717, 1.165) is 15.4 Å². The zero-order valence-corrected chi connectivity index (χ0v) is 26.1. The predicted molar refractivity (Wildman–Crippen MR) is 163 cm³/mol. The van der Waals surface area contributed by atoms with Crippen LogP contribution in [0.2, 0.25) is 5.02 Å². The lowest BCUT2D eigenvalue weighted by molar-refractivity contribution is -0.140. The fraction of sp³-hybridized carbons (Fsp3) is 0.355. The van der Waals surface area contributed by atoms with Gasteiger partial charge in [0, 0.05) is 17.1 Å². The Morgan fingerprint density at radius 3 is 2.12 bits per heavy atom. The summed E-state index contributed by atoms with van der Waals surface area (Å²) >= 11 is 6.17. The molecule has 1 atom stereocenters. The molecule has 0 aliphatic heterocycles. The van der Waals surface area contributed by atoms with Crippen LogP contribution in [0.25, 0.3) is 0 Å². The van der Waals surface area contributed by atoms with Gasteiger partial charge in [-0.15, -0.1) is 0 Å². The van der Waals surface area contributed by atoms with Crippen molar-refractivity contribution >= 4 is 39.1 Å². The van der Waals surface area contributed by atoms with Crippen molar-refractivity contribution in [3.05, 3.63) is 88.4 Å². The Bertz CT molecular complexity index is 1480. The van der Waals surface area contributed by atoms with E-state index >= 15 is 0 Å². The summed E-state index contributed by atoms with van der Waals surface area (Å²) in [5.41, 5.74) is 2.03. The number of aryl methyl sites for hydroxylation is 2. The Labute approximate surface area is 248 Å². The number of methoxy groups -OCH3 is 1. The van der Waals surface area contributed by atoms with Crippen LogP contribution in [0.5, 0.6) is 5.75 Å². The minimum absolute atomic E-state index is 0.0467. The fourth-order valence-corrected chi connectivity index (χ4v) is 5.94. The molecule has 0 spiro atoms. The highest BCUT2D eigenvalue weighted by atomic mass is 35.5. The molecule has 10 heteroatoms. The van der Waals surface area contributed by atoms with Gasteiger partial charge in [-0.25, -0.2) is 8.42 Å². The molecule has 8 nitrogen and oxygen atoms in total. The van der Waals surface area contributed by atoms with Crippen LogP contribution in [-0.4, -0.2) is 50.4 Å². The molecule has 0 aliphatic carbocycles. The molecule has 0 aliphatic rings. The standard InChI is InChI=1S/C31H38ClN3O5S/c1-21-8-15-27(16-9-21)41(38,39)35(28-17-12-25(32)18-22(28)2)20-29(36)34(23(3)30(37)33-31(4,5)6)19-24-10-13-26(40-7)14-11-24/h8-18,23H,19-20H2,1-7H3,(H,33,37)/t23-/m0/s1. The van der Waals surface area contributed by atoms with E-state index in [1.165, 1.54) is 17.0 Å². The highest BCUT2D eigenvalue weighted by Gasteiger charge is 2.34. The zero-order valence-electron chi connectivity index (χ0n) is 24.6. The van der Waals surface area contributed by atoms with Gasteiger partial charge in [0.2, 0.25) is 11.8 Å². The van der Waals surface area contributed by atoms with Crippen LogP contribution < -0.4 is 14.4 Å². The van der Waals surface area contributed by atoms with Crippen LogP contribution in [0.15, 0.2) is 71.6 Å². The normalized spacial score (nSPS) is 12.4. The highest BCUT2D eigenvalue weighted by molar-refractivity contribution is 7.92. The number of benzene rings is 3. The van der Waals surface area contributed by atoms with Gasteiger partial charge in [-0.1, -0.05) is 41.4 Å². The number of hydrogen-bond acceptors (Lipinski definition) is 5. The third-order valence-corrected chi connectivity index (χ3v) is 8.50. The molecule has 3 aromatic carbocycles. The van der Waals surface area contributed by atoms with Gasteiger partial charge in [-0.3, -0.25) is 13.9 Å². The second-order valence-corrected chi connectivity index (χ2v) is 13.3. The van der Waals surface area contributed by atoms with E-state index in [4.69, 9.17) is 16.3 Å². The SMILES string of the molecule is COc1ccc(CN(C(=O)CN(c2ccc(Cl)cc2C)S(=O)(=O)c2ccc(C)cc2)[C@@H](C)C(=O)NC(C)(C)C)cc1. The first kappa shape index (κ1) is 32.0. The lowest BCUT2D eigenvalue weighted by Crippen LogP contribution is -2.54. The van der Waals surface area contributed by atoms with Crippen molar-refractivity contribution in [1.82, 2.24) is 10.2 Å². The molecule has 0 aromatic heterocycles. The van der Waals surface area contributed by atoms with Crippen LogP contribution in [0, 0.1) is 13.8 Å². The molecular weight excluding hydrogens is 562 g/mol. The van der Waals surface area contributed by atoms with Crippen molar-refractivity contribution < 1.29 is 22.7 Å². The molecule has 2 amide bonds. The molecule has 0 radical (unpaired) electrons. The van der Waals surface area contributed by atoms with Crippen molar-refractivity contribution in [2.45, 2.75) is 64.6 Å². The summed E-state index contributed by atoms with van der Waals surface area (Å²) in [7, 11) is -2.60. The van der Waals surface area contributed by atoms with Gasteiger partial charge in [-0.05, 0) is 95.1 Å². The second kappa shape index (κ2) is 13.0. The molecule has 41 heavy (non-hydrogen) atoms. The zero-order chi connectivity index (χ0) is 30.5. The fourth-order valence-electron chi connectivity index (χ4n) is 4.23. The first-order valence-electron chi connectivity index (χ1n) is 13.2. The number of nitrogens with one attached hydrogen (secondary N) is 1. The predicted octanol–water partition coefficient (Wildman–Crippen LogP) is 5.49. The number of carbonyl (C=O) groups is 2. The number of carbonyl (C=O) groups excluding carboxylic acids is 2. The number of rotatable bonds is 10. The molecule has 0 saturated heterocycles. The number of sulfonamides is 1. The topological polar surface area (TPSA) is 96.0 Å². The summed E-state index contributed by atoms with van der Waals surface area (Å²) < 4.78 is 34.3. The van der Waals surface area contributed by atoms with Crippen LogP contribution >= 0.6 is 11.6 Å². The van der Waals surface area contributed by atoms with E-state index < -0.39 is 34.1 Å². The van der Waals surface area contributed by atoms with Crippen molar-refractivity contribution in [3.63, 3.8) is 0 Å². The van der Waals surface area contributed by atoms with Gasteiger partial charge in [0.15, 0.2) is 0 Å². The van der Waals surface area contributed by atoms with Gasteiger partial charge < -0.3 is 15.0 Å². The first-order chi connectivity index (χ1) is 19.1. The number of anilines is 1. The molecule has 3 rings (SSSR count). The largest absolute Gasteiger partial charge is 0.497 e. The van der Waals surface area contributed by atoms with E-state index in [-0.39, 0.29) is 17.3 Å². The van der Waals surface area contributed by atoms with Crippen LogP contribution in [0.4, 0.5) is 5.69 Å². The Hall–Kier alpha value is -3.56. The molecule has 0 fully saturated rings. The molecule has 0 heterocycles. The summed E-state index contributed by atoms with van der Waals surface area (Å²) in [5.74, 6) is -0.240. The van der Waals surface area contributed by atoms with Crippen molar-refractivity contribution in [3.8, 4) is 5.75 Å². The maximum absolute atomic E-state index is 14.1. The summed E-state index contributed by atoms with van der Waals surface area (Å²) in [6, 6.07) is 17.5. The van der Waals surface area contributed by atoms with Crippen LogP contribution in [0.1, 0.15) is 44.4 Å². The summed E-state index contributed by atoms with van der Waals surface area (Å²) in [6.07, 6.45) is 0. The van der Waals surface area contributed by atoms with E-state index in [1.54, 1.807) is 75.6 Å². The quantitative estimate of drug-likeness (QED) is 0.332. The van der Waals surface area contributed by atoms with Crippen molar-refractivity contribution in [2.75, 3.05) is 18.0 Å². The minimum atomic E-state index is -4.17. The molecule has 0 bridgehead atoms. The smallest absolute Gasteiger partial charge is 0.264 e. The third kappa shape index (κ3) is 8.24. The van der Waals surface area contributed by atoms with Crippen LogP contribution in [0.3, 0.4) is 0 Å². The monoisotopic (exact) mass is 599 g/mol. The lowest BCUT2D eigenvalue weighted by Gasteiger charge is -2.34. The lowest BCUT2D eigenvalue weighted by atomic mass is 10.1. The van der Waals surface area contributed by atoms with Gasteiger partial charge in [0.05, 0.1) is 17.7 Å². The molecule has 3 aromatic rings. The van der Waals surface area contributed by atoms with E-state index in [2.05, 4.69) is 5.32 Å². The number of ether oxygens (including phenoxy) is 1. The number of nitrogens with zero attached hydrogens (tertiary/aromatic N) is 2. The van der Waals surface area contributed by atoms with E-state index in [9.17, 15) is 18.0 Å². The third-order valence-electron chi connectivity index (χ3n) is 6.49. The number of halogens is 1. The molecular formula is C31H38ClN3O5S. The minimum Gasteiger partial charge on any atom is -0.497 e. The molecule has 0 unspecified atom stereocenters. The Morgan fingerprint density at radius 1 is 0.976 bits per heavy atom. The maximum Gasteiger partial charge on any atom is 0.264 e. The molecule has 1 N–H and O–H groups in total. The Morgan fingerprint density at radius 2 is 1.59 bits per heavy atom. The highest BCUT2D eigenvalue weighted by Crippen LogP contribution is 2.29. The average Bonchev–Trinajstić information content (AvgIpc) is 2.90. The van der Waals surface area contributed by atoms with Gasteiger partial charge in [0.1, 0.15) is 18.3 Å².